The molecule has 0 aliphatic heterocycles. The van der Waals surface area contributed by atoms with Crippen LogP contribution in [0.2, 0.25) is 5.02 Å². The highest BCUT2D eigenvalue weighted by atomic mass is 35.5. The number of aromatic amines is 1. The average Bonchev–Trinajstić information content (AvgIpc) is 3.44. The molecule has 0 aliphatic carbocycles. The predicted octanol–water partition coefficient (Wildman–Crippen LogP) is 5.46. The van der Waals surface area contributed by atoms with E-state index in [0.717, 1.165) is 25.0 Å². The van der Waals surface area contributed by atoms with E-state index < -0.39 is 32.4 Å². The molecule has 228 valence electrons. The number of aryl methyl sites for hydroxylation is 1. The molecule has 2 rings (SSSR count). The van der Waals surface area contributed by atoms with E-state index in [0.29, 0.717) is 22.9 Å². The first kappa shape index (κ1) is 34.1. The number of hydrogen-bond donors (Lipinski definition) is 2. The Morgan fingerprint density at radius 1 is 1.02 bits per heavy atom. The van der Waals surface area contributed by atoms with Gasteiger partial charge in [-0.1, -0.05) is 83.2 Å². The topological polar surface area (TPSA) is 136 Å². The predicted molar refractivity (Wildman–Crippen MR) is 158 cm³/mol. The molecule has 0 saturated carbocycles. The van der Waals surface area contributed by atoms with Gasteiger partial charge in [-0.3, -0.25) is 14.7 Å². The maximum atomic E-state index is 12.8. The van der Waals surface area contributed by atoms with Crippen molar-refractivity contribution in [3.63, 3.8) is 0 Å². The van der Waals surface area contributed by atoms with Gasteiger partial charge in [-0.25, -0.2) is 12.9 Å². The number of H-pyrrole nitrogens is 1. The fourth-order valence-electron chi connectivity index (χ4n) is 4.69. The smallest absolute Gasteiger partial charge is 0.307 e. The largest absolute Gasteiger partial charge is 0.465 e. The Morgan fingerprint density at radius 3 is 2.23 bits per heavy atom. The lowest BCUT2D eigenvalue weighted by Crippen LogP contribution is -2.41. The van der Waals surface area contributed by atoms with Crippen LogP contribution in [0.4, 0.5) is 0 Å². The van der Waals surface area contributed by atoms with E-state index in [4.69, 9.17) is 16.3 Å². The zero-order chi connectivity index (χ0) is 29.8. The van der Waals surface area contributed by atoms with Crippen LogP contribution in [0.15, 0.2) is 0 Å². The van der Waals surface area contributed by atoms with Crippen LogP contribution in [0.3, 0.4) is 0 Å². The molecule has 0 fully saturated rings. The summed E-state index contributed by atoms with van der Waals surface area (Å²) < 4.78 is 32.7. The van der Waals surface area contributed by atoms with Gasteiger partial charge in [0.25, 0.3) is 0 Å². The van der Waals surface area contributed by atoms with Crippen molar-refractivity contribution in [3.8, 4) is 0 Å². The van der Waals surface area contributed by atoms with Crippen LogP contribution in [-0.2, 0) is 29.6 Å². The highest BCUT2D eigenvalue weighted by Gasteiger charge is 2.32. The van der Waals surface area contributed by atoms with Crippen molar-refractivity contribution in [1.82, 2.24) is 25.1 Å². The summed E-state index contributed by atoms with van der Waals surface area (Å²) in [7, 11) is -3.56. The molecule has 0 aliphatic rings. The van der Waals surface area contributed by atoms with E-state index in [9.17, 15) is 18.0 Å². The number of carbonyl (C=O) groups is 2. The summed E-state index contributed by atoms with van der Waals surface area (Å²) in [6.45, 7) is 9.51. The first-order valence-electron chi connectivity index (χ1n) is 14.7. The number of aromatic nitrogens is 4. The molecule has 40 heavy (non-hydrogen) atoms. The minimum Gasteiger partial charge on any atom is -0.465 e. The van der Waals surface area contributed by atoms with E-state index in [-0.39, 0.29) is 31.7 Å². The third-order valence-electron chi connectivity index (χ3n) is 7.17. The Kier molecular flexibility index (Phi) is 13.9. The fourth-order valence-corrected chi connectivity index (χ4v) is 6.66. The quantitative estimate of drug-likeness (QED) is 0.152. The first-order valence-corrected chi connectivity index (χ1v) is 16.8. The molecular weight excluding hydrogens is 554 g/mol. The lowest BCUT2D eigenvalue weighted by molar-refractivity contribution is -0.145. The first-order chi connectivity index (χ1) is 18.9. The second-order valence-corrected chi connectivity index (χ2v) is 13.9. The summed E-state index contributed by atoms with van der Waals surface area (Å²) in [6.07, 6.45) is 11.2. The number of halogens is 1. The molecule has 2 aromatic heterocycles. The van der Waals surface area contributed by atoms with Crippen molar-refractivity contribution in [2.24, 2.45) is 0 Å². The highest BCUT2D eigenvalue weighted by Crippen LogP contribution is 2.27. The second-order valence-electron chi connectivity index (χ2n) is 11.3. The molecule has 2 aromatic rings. The Hall–Kier alpha value is -2.14. The van der Waals surface area contributed by atoms with Gasteiger partial charge in [-0.2, -0.15) is 0 Å². The molecule has 0 spiro atoms. The summed E-state index contributed by atoms with van der Waals surface area (Å²) in [4.78, 5) is 25.0. The molecule has 0 bridgehead atoms. The van der Waals surface area contributed by atoms with Crippen LogP contribution < -0.4 is 5.32 Å². The maximum absolute atomic E-state index is 12.8. The van der Waals surface area contributed by atoms with E-state index >= 15 is 0 Å². The Labute approximate surface area is 244 Å². The molecule has 2 N–H and O–H groups in total. The van der Waals surface area contributed by atoms with E-state index in [1.807, 2.05) is 20.8 Å². The van der Waals surface area contributed by atoms with E-state index in [2.05, 4.69) is 27.5 Å². The molecule has 1 atom stereocenters. The van der Waals surface area contributed by atoms with Crippen molar-refractivity contribution in [2.45, 2.75) is 122 Å². The van der Waals surface area contributed by atoms with Gasteiger partial charge in [0.1, 0.15) is 16.9 Å². The van der Waals surface area contributed by atoms with Crippen molar-refractivity contribution in [1.29, 1.82) is 0 Å². The van der Waals surface area contributed by atoms with Crippen LogP contribution in [0.1, 0.15) is 116 Å². The number of carbonyl (C=O) groups excluding carboxylic acids is 2. The lowest BCUT2D eigenvalue weighted by Gasteiger charge is -2.21. The van der Waals surface area contributed by atoms with Gasteiger partial charge in [0.05, 0.1) is 23.3 Å². The summed E-state index contributed by atoms with van der Waals surface area (Å²) in [5, 5.41) is 13.4. The number of hydrogen-bond acceptors (Lipinski definition) is 7. The zero-order valence-electron chi connectivity index (χ0n) is 24.9. The number of rotatable bonds is 20. The van der Waals surface area contributed by atoms with Crippen molar-refractivity contribution >= 4 is 39.0 Å². The van der Waals surface area contributed by atoms with Crippen LogP contribution >= 0.6 is 11.6 Å². The third-order valence-corrected chi connectivity index (χ3v) is 9.90. The molecule has 12 heteroatoms. The minimum atomic E-state index is -3.56. The van der Waals surface area contributed by atoms with Gasteiger partial charge in [-0.15, -0.1) is 10.2 Å². The summed E-state index contributed by atoms with van der Waals surface area (Å²) in [5.74, 6) is -0.491. The molecule has 1 unspecified atom stereocenters. The molecule has 0 aromatic carbocycles. The number of nitrogens with one attached hydrogen (secondary N) is 2. The van der Waals surface area contributed by atoms with Gasteiger partial charge in [-0.05, 0) is 33.6 Å². The molecule has 0 saturated heterocycles. The minimum absolute atomic E-state index is 0.00296. The SMILES string of the molecule is CCCCCCCCCCCCS(=O)(=O)C(CC)C(=O)NCCC(=O)OCC(C)(C)c1nnc2c(Cl)c(C)[nH]n12. The highest BCUT2D eigenvalue weighted by molar-refractivity contribution is 7.92. The molecule has 1 amide bonds. The Balaban J connectivity index is 1.70. The standard InChI is InChI=1S/C28H48ClN5O5S/c1-6-8-9-10-11-12-13-14-15-16-19-40(37,38)22(7-2)26(36)30-18-17-23(35)39-20-28(4,5)27-32-31-25-24(29)21(3)33-34(25)27/h22,33H,6-20H2,1-5H3,(H,30,36). The van der Waals surface area contributed by atoms with Gasteiger partial charge in [0.15, 0.2) is 21.3 Å². The van der Waals surface area contributed by atoms with Crippen LogP contribution in [-0.4, -0.2) is 64.3 Å². The maximum Gasteiger partial charge on any atom is 0.307 e. The average molecular weight is 602 g/mol. The molecule has 10 nitrogen and oxygen atoms in total. The normalized spacial score (nSPS) is 13.1. The summed E-state index contributed by atoms with van der Waals surface area (Å²) >= 11 is 6.23. The van der Waals surface area contributed by atoms with Gasteiger partial charge >= 0.3 is 5.97 Å². The molecular formula is C28H48ClN5O5S. The van der Waals surface area contributed by atoms with Crippen LogP contribution in [0.5, 0.6) is 0 Å². The number of amides is 1. The van der Waals surface area contributed by atoms with Crippen LogP contribution in [0.25, 0.3) is 5.65 Å². The lowest BCUT2D eigenvalue weighted by atomic mass is 9.94. The van der Waals surface area contributed by atoms with Gasteiger partial charge in [0, 0.05) is 6.54 Å². The summed E-state index contributed by atoms with van der Waals surface area (Å²) in [5.41, 5.74) is 0.603. The number of esters is 1. The van der Waals surface area contributed by atoms with Crippen molar-refractivity contribution in [3.05, 3.63) is 16.5 Å². The number of nitrogens with zero attached hydrogens (tertiary/aromatic N) is 3. The van der Waals surface area contributed by atoms with Crippen molar-refractivity contribution < 1.29 is 22.7 Å². The van der Waals surface area contributed by atoms with Crippen molar-refractivity contribution in [2.75, 3.05) is 18.9 Å². The van der Waals surface area contributed by atoms with Gasteiger partial charge < -0.3 is 10.1 Å². The second kappa shape index (κ2) is 16.3. The van der Waals surface area contributed by atoms with Crippen LogP contribution in [0, 0.1) is 6.92 Å². The Morgan fingerprint density at radius 2 is 1.62 bits per heavy atom. The zero-order valence-corrected chi connectivity index (χ0v) is 26.4. The Bertz CT molecular complexity index is 1190. The number of sulfone groups is 1. The third kappa shape index (κ3) is 10.0. The number of unbranched alkanes of at least 4 members (excludes halogenated alkanes) is 9. The van der Waals surface area contributed by atoms with E-state index in [1.54, 1.807) is 11.4 Å². The fraction of sp³-hybridized carbons (Fsp3) is 0.786. The number of ether oxygens (including phenoxy) is 1. The van der Waals surface area contributed by atoms with Gasteiger partial charge in [0.2, 0.25) is 5.91 Å². The summed E-state index contributed by atoms with van der Waals surface area (Å²) in [6, 6.07) is 0. The monoisotopic (exact) mass is 601 g/mol. The molecule has 0 radical (unpaired) electrons. The molecule has 2 heterocycles. The number of fused-ring (bicyclic) bond motifs is 1. The van der Waals surface area contributed by atoms with E-state index in [1.165, 1.54) is 38.5 Å².